The fraction of sp³-hybridized carbons (Fsp3) is 0.568. The predicted molar refractivity (Wildman–Crippen MR) is 180 cm³/mol. The van der Waals surface area contributed by atoms with Crippen molar-refractivity contribution in [3.63, 3.8) is 0 Å². The Balaban J connectivity index is 1.17. The average Bonchev–Trinajstić information content (AvgIpc) is 3.82. The first kappa shape index (κ1) is 32.9. The number of fused-ring (bicyclic) bond motifs is 5. The van der Waals surface area contributed by atoms with Crippen LogP contribution in [0.25, 0.3) is 22.0 Å². The standard InChI is InChI=1S/C37H43F2N5O6/c1-3-22-5-6-23-13-27(46)14-30(31(22)23)28-9-10-29-33(32(28)39)40-35(48-19-37-11-4-12-43(37)16-24(38)15-37)41-34(29)42-17-25-7-8-26(18-42)44(25)36(47)50-20-49-21(2)45/h9-10,13-14,22,24-26,46H,3-8,11-12,15-20H2,1-2H3/t22?,24-,25?,26?,37+/m1/s1. The van der Waals surface area contributed by atoms with Crippen LogP contribution in [0.15, 0.2) is 24.3 Å². The molecular weight excluding hydrogens is 648 g/mol. The van der Waals surface area contributed by atoms with Crippen molar-refractivity contribution in [2.45, 2.75) is 94.9 Å². The number of phenolic OH excluding ortho intramolecular Hbond substituents is 1. The maximum Gasteiger partial charge on any atom is 0.413 e. The number of halogens is 2. The number of ether oxygens (including phenoxy) is 3. The highest BCUT2D eigenvalue weighted by molar-refractivity contribution is 5.94. The molecule has 1 aromatic heterocycles. The average molecular weight is 692 g/mol. The topological polar surface area (TPSA) is 118 Å². The lowest BCUT2D eigenvalue weighted by Gasteiger charge is -2.41. The van der Waals surface area contributed by atoms with E-state index in [1.807, 2.05) is 6.07 Å². The largest absolute Gasteiger partial charge is 0.508 e. The summed E-state index contributed by atoms with van der Waals surface area (Å²) in [7, 11) is 0. The van der Waals surface area contributed by atoms with Crippen LogP contribution in [0, 0.1) is 5.82 Å². The van der Waals surface area contributed by atoms with Gasteiger partial charge < -0.3 is 24.2 Å². The zero-order valence-electron chi connectivity index (χ0n) is 28.5. The Labute approximate surface area is 289 Å². The number of carbonyl (C=O) groups is 2. The van der Waals surface area contributed by atoms with E-state index in [0.29, 0.717) is 48.4 Å². The number of hydrogen-bond donors (Lipinski definition) is 1. The van der Waals surface area contributed by atoms with Gasteiger partial charge in [0.25, 0.3) is 0 Å². The number of anilines is 1. The molecule has 3 aromatic rings. The third-order valence-corrected chi connectivity index (χ3v) is 11.6. The minimum atomic E-state index is -0.921. The van der Waals surface area contributed by atoms with Crippen LogP contribution in [0.3, 0.4) is 0 Å². The Hall–Kier alpha value is -4.26. The summed E-state index contributed by atoms with van der Waals surface area (Å²) >= 11 is 0. The maximum atomic E-state index is 17.0. The minimum absolute atomic E-state index is 0.0234. The van der Waals surface area contributed by atoms with Gasteiger partial charge in [-0.15, -0.1) is 0 Å². The number of nitrogens with zero attached hydrogens (tertiary/aromatic N) is 5. The number of phenols is 1. The molecule has 3 unspecified atom stereocenters. The smallest absolute Gasteiger partial charge is 0.413 e. The van der Waals surface area contributed by atoms with Gasteiger partial charge in [0.05, 0.1) is 17.6 Å². The van der Waals surface area contributed by atoms with Crippen molar-refractivity contribution in [1.82, 2.24) is 19.8 Å². The normalized spacial score (nSPS) is 27.1. The number of aromatic hydroxyl groups is 1. The minimum Gasteiger partial charge on any atom is -0.508 e. The Kier molecular flexibility index (Phi) is 8.43. The number of alkyl halides is 1. The van der Waals surface area contributed by atoms with E-state index in [4.69, 9.17) is 19.2 Å². The zero-order valence-corrected chi connectivity index (χ0v) is 28.5. The first-order valence-corrected chi connectivity index (χ1v) is 17.9. The molecule has 4 saturated heterocycles. The fourth-order valence-electron chi connectivity index (χ4n) is 9.39. The van der Waals surface area contributed by atoms with E-state index in [2.05, 4.69) is 21.7 Å². The lowest BCUT2D eigenvalue weighted by Crippen LogP contribution is -2.56. The maximum absolute atomic E-state index is 17.0. The summed E-state index contributed by atoms with van der Waals surface area (Å²) in [5.74, 6) is -0.187. The first-order chi connectivity index (χ1) is 24.1. The second-order valence-corrected chi connectivity index (χ2v) is 14.6. The van der Waals surface area contributed by atoms with Crippen LogP contribution in [-0.2, 0) is 20.7 Å². The molecule has 1 aliphatic carbocycles. The van der Waals surface area contributed by atoms with Crippen LogP contribution in [-0.4, -0.2) is 100 Å². The van der Waals surface area contributed by atoms with E-state index in [1.165, 1.54) is 6.92 Å². The molecule has 5 aliphatic rings. The van der Waals surface area contributed by atoms with Crippen molar-refractivity contribution in [1.29, 1.82) is 0 Å². The number of piperazine rings is 1. The van der Waals surface area contributed by atoms with E-state index in [1.54, 1.807) is 23.1 Å². The molecule has 2 bridgehead atoms. The number of aromatic nitrogens is 2. The van der Waals surface area contributed by atoms with Crippen molar-refractivity contribution < 1.29 is 37.7 Å². The number of benzene rings is 2. The monoisotopic (exact) mass is 691 g/mol. The van der Waals surface area contributed by atoms with Gasteiger partial charge >= 0.3 is 18.1 Å². The molecule has 1 N–H and O–H groups in total. The lowest BCUT2D eigenvalue weighted by atomic mass is 9.89. The van der Waals surface area contributed by atoms with E-state index in [9.17, 15) is 19.1 Å². The van der Waals surface area contributed by atoms with Gasteiger partial charge in [0.2, 0.25) is 6.79 Å². The third-order valence-electron chi connectivity index (χ3n) is 11.6. The van der Waals surface area contributed by atoms with Gasteiger partial charge in [-0.2, -0.15) is 9.97 Å². The summed E-state index contributed by atoms with van der Waals surface area (Å²) in [6.45, 7) is 5.17. The van der Waals surface area contributed by atoms with Gasteiger partial charge in [-0.05, 0) is 92.3 Å². The Morgan fingerprint density at radius 2 is 1.86 bits per heavy atom. The van der Waals surface area contributed by atoms with E-state index >= 15 is 4.39 Å². The first-order valence-electron chi connectivity index (χ1n) is 17.9. The molecule has 5 atom stereocenters. The molecule has 1 amide bonds. The molecule has 0 radical (unpaired) electrons. The number of carbonyl (C=O) groups excluding carboxylic acids is 2. The summed E-state index contributed by atoms with van der Waals surface area (Å²) in [6, 6.07) is 6.66. The molecule has 0 saturated carbocycles. The Morgan fingerprint density at radius 1 is 1.06 bits per heavy atom. The highest BCUT2D eigenvalue weighted by Gasteiger charge is 2.50. The number of esters is 1. The van der Waals surface area contributed by atoms with E-state index in [0.717, 1.165) is 62.6 Å². The molecular formula is C37H43F2N5O6. The summed E-state index contributed by atoms with van der Waals surface area (Å²) in [5.41, 5.74) is 2.82. The van der Waals surface area contributed by atoms with Gasteiger partial charge in [-0.3, -0.25) is 14.6 Å². The third kappa shape index (κ3) is 5.67. The predicted octanol–water partition coefficient (Wildman–Crippen LogP) is 5.85. The van der Waals surface area contributed by atoms with Gasteiger partial charge in [0.15, 0.2) is 5.82 Å². The van der Waals surface area contributed by atoms with Gasteiger partial charge in [0, 0.05) is 43.9 Å². The molecule has 50 heavy (non-hydrogen) atoms. The summed E-state index contributed by atoms with van der Waals surface area (Å²) in [5, 5.41) is 11.2. The van der Waals surface area contributed by atoms with Crippen LogP contribution in [0.2, 0.25) is 0 Å². The quantitative estimate of drug-likeness (QED) is 0.228. The highest BCUT2D eigenvalue weighted by atomic mass is 19.1. The van der Waals surface area contributed by atoms with Gasteiger partial charge in [-0.25, -0.2) is 13.6 Å². The summed E-state index contributed by atoms with van der Waals surface area (Å²) in [6.07, 6.45) is 4.88. The van der Waals surface area contributed by atoms with Crippen LogP contribution >= 0.6 is 0 Å². The molecule has 11 nitrogen and oxygen atoms in total. The Morgan fingerprint density at radius 3 is 2.62 bits per heavy atom. The van der Waals surface area contributed by atoms with Crippen molar-refractivity contribution in [3.05, 3.63) is 41.2 Å². The van der Waals surface area contributed by atoms with E-state index < -0.39 is 36.4 Å². The zero-order chi connectivity index (χ0) is 34.7. The highest BCUT2D eigenvalue weighted by Crippen LogP contribution is 2.46. The van der Waals surface area contributed by atoms with E-state index in [-0.39, 0.29) is 41.9 Å². The molecule has 5 heterocycles. The van der Waals surface area contributed by atoms with Gasteiger partial charge in [-0.1, -0.05) is 13.0 Å². The number of rotatable bonds is 8. The summed E-state index contributed by atoms with van der Waals surface area (Å²) in [4.78, 5) is 39.6. The second kappa shape index (κ2) is 12.8. The number of amides is 1. The lowest BCUT2D eigenvalue weighted by molar-refractivity contribution is -0.149. The van der Waals surface area contributed by atoms with Crippen molar-refractivity contribution in [3.8, 4) is 22.9 Å². The van der Waals surface area contributed by atoms with Gasteiger partial charge in [0.1, 0.15) is 29.9 Å². The summed E-state index contributed by atoms with van der Waals surface area (Å²) < 4.78 is 48.0. The number of aryl methyl sites for hydroxylation is 1. The molecule has 0 spiro atoms. The van der Waals surface area contributed by atoms with Crippen LogP contribution in [0.1, 0.15) is 75.8 Å². The number of hydrogen-bond acceptors (Lipinski definition) is 10. The van der Waals surface area contributed by atoms with Crippen molar-refractivity contribution >= 4 is 28.8 Å². The Bertz CT molecular complexity index is 1830. The van der Waals surface area contributed by atoms with Crippen LogP contribution in [0.5, 0.6) is 11.8 Å². The van der Waals surface area contributed by atoms with Crippen molar-refractivity contribution in [2.24, 2.45) is 0 Å². The second-order valence-electron chi connectivity index (χ2n) is 14.6. The molecule has 13 heteroatoms. The molecule has 4 aliphatic heterocycles. The SMILES string of the molecule is CCC1CCc2cc(O)cc(-c3ccc4c(N5CC6CCC(C5)N6C(=O)OCOC(C)=O)nc(OC[C@@]56CCCN5C[C@H](F)C6)nc4c3F)c21. The molecule has 8 rings (SSSR count). The fourth-order valence-corrected chi connectivity index (χ4v) is 9.39. The van der Waals surface area contributed by atoms with Crippen molar-refractivity contribution in [2.75, 3.05) is 44.5 Å². The molecule has 266 valence electrons. The molecule has 4 fully saturated rings. The molecule has 2 aromatic carbocycles. The van der Waals surface area contributed by atoms with Crippen LogP contribution in [0.4, 0.5) is 19.4 Å². The van der Waals surface area contributed by atoms with Crippen LogP contribution < -0.4 is 9.64 Å².